The summed E-state index contributed by atoms with van der Waals surface area (Å²) in [5, 5.41) is 3.87. The van der Waals surface area contributed by atoms with Crippen LogP contribution in [0.1, 0.15) is 46.0 Å². The maximum Gasteiger partial charge on any atom is 0.224 e. The Hall–Kier alpha value is -1.03. The SMILES string of the molecule is CCCNc1ncc(Cl)c(N2CCCCCC2C)n1. The second-order valence-electron chi connectivity index (χ2n) is 5.18. The summed E-state index contributed by atoms with van der Waals surface area (Å²) in [4.78, 5) is 11.2. The van der Waals surface area contributed by atoms with Crippen LogP contribution in [-0.4, -0.2) is 29.1 Å². The zero-order valence-electron chi connectivity index (χ0n) is 11.8. The maximum atomic E-state index is 6.29. The van der Waals surface area contributed by atoms with Crippen molar-refractivity contribution in [3.8, 4) is 0 Å². The van der Waals surface area contributed by atoms with Crippen molar-refractivity contribution in [2.24, 2.45) is 0 Å². The van der Waals surface area contributed by atoms with Crippen molar-refractivity contribution in [3.05, 3.63) is 11.2 Å². The number of anilines is 2. The van der Waals surface area contributed by atoms with Gasteiger partial charge in [0.2, 0.25) is 5.95 Å². The van der Waals surface area contributed by atoms with Crippen LogP contribution in [0.2, 0.25) is 5.02 Å². The van der Waals surface area contributed by atoms with Crippen LogP contribution < -0.4 is 10.2 Å². The van der Waals surface area contributed by atoms with E-state index in [1.54, 1.807) is 6.20 Å². The van der Waals surface area contributed by atoms with Crippen molar-refractivity contribution in [1.29, 1.82) is 0 Å². The minimum absolute atomic E-state index is 0.494. The van der Waals surface area contributed by atoms with Crippen LogP contribution in [0, 0.1) is 0 Å². The molecule has 1 fully saturated rings. The van der Waals surface area contributed by atoms with Gasteiger partial charge < -0.3 is 10.2 Å². The summed E-state index contributed by atoms with van der Waals surface area (Å²) in [7, 11) is 0. The molecule has 1 unspecified atom stereocenters. The molecule has 1 atom stereocenters. The first-order chi connectivity index (χ1) is 9.22. The Morgan fingerprint density at radius 1 is 1.42 bits per heavy atom. The number of halogens is 1. The van der Waals surface area contributed by atoms with Crippen molar-refractivity contribution in [3.63, 3.8) is 0 Å². The van der Waals surface area contributed by atoms with Gasteiger partial charge in [-0.3, -0.25) is 0 Å². The van der Waals surface area contributed by atoms with E-state index in [1.165, 1.54) is 25.7 Å². The minimum Gasteiger partial charge on any atom is -0.354 e. The molecular weight excluding hydrogens is 260 g/mol. The fourth-order valence-electron chi connectivity index (χ4n) is 2.47. The fraction of sp³-hybridized carbons (Fsp3) is 0.714. The number of nitrogens with one attached hydrogen (secondary N) is 1. The summed E-state index contributed by atoms with van der Waals surface area (Å²) in [6, 6.07) is 0.494. The van der Waals surface area contributed by atoms with Crippen LogP contribution in [0.15, 0.2) is 6.20 Å². The highest BCUT2D eigenvalue weighted by Crippen LogP contribution is 2.29. The van der Waals surface area contributed by atoms with Crippen LogP contribution in [0.5, 0.6) is 0 Å². The highest BCUT2D eigenvalue weighted by Gasteiger charge is 2.21. The average Bonchev–Trinajstić information content (AvgIpc) is 2.63. The summed E-state index contributed by atoms with van der Waals surface area (Å²) in [5.74, 6) is 1.56. The average molecular weight is 283 g/mol. The predicted molar refractivity (Wildman–Crippen MR) is 81.1 cm³/mol. The molecule has 1 aliphatic heterocycles. The summed E-state index contributed by atoms with van der Waals surface area (Å²) in [6.07, 6.45) is 7.77. The lowest BCUT2D eigenvalue weighted by molar-refractivity contribution is 0.611. The van der Waals surface area contributed by atoms with Crippen LogP contribution in [0.25, 0.3) is 0 Å². The normalized spacial score (nSPS) is 20.2. The van der Waals surface area contributed by atoms with Crippen molar-refractivity contribution in [2.45, 2.75) is 52.0 Å². The summed E-state index contributed by atoms with van der Waals surface area (Å²) >= 11 is 6.29. The summed E-state index contributed by atoms with van der Waals surface area (Å²) in [6.45, 7) is 6.30. The van der Waals surface area contributed by atoms with Gasteiger partial charge in [0.15, 0.2) is 5.82 Å². The largest absolute Gasteiger partial charge is 0.354 e. The van der Waals surface area contributed by atoms with Crippen LogP contribution in [-0.2, 0) is 0 Å². The number of hydrogen-bond donors (Lipinski definition) is 1. The Morgan fingerprint density at radius 2 is 2.26 bits per heavy atom. The second kappa shape index (κ2) is 6.94. The third kappa shape index (κ3) is 3.72. The molecule has 0 radical (unpaired) electrons. The highest BCUT2D eigenvalue weighted by atomic mass is 35.5. The minimum atomic E-state index is 0.494. The Bertz CT molecular complexity index is 410. The molecular formula is C14H23ClN4. The van der Waals surface area contributed by atoms with E-state index in [1.807, 2.05) is 0 Å². The molecule has 0 aliphatic carbocycles. The molecule has 19 heavy (non-hydrogen) atoms. The van der Waals surface area contributed by atoms with E-state index in [-0.39, 0.29) is 0 Å². The highest BCUT2D eigenvalue weighted by molar-refractivity contribution is 6.32. The lowest BCUT2D eigenvalue weighted by Crippen LogP contribution is -2.33. The lowest BCUT2D eigenvalue weighted by Gasteiger charge is -2.29. The molecule has 0 spiro atoms. The van der Waals surface area contributed by atoms with E-state index in [4.69, 9.17) is 11.6 Å². The molecule has 1 saturated heterocycles. The second-order valence-corrected chi connectivity index (χ2v) is 5.59. The van der Waals surface area contributed by atoms with Crippen LogP contribution >= 0.6 is 11.6 Å². The van der Waals surface area contributed by atoms with E-state index in [0.29, 0.717) is 17.0 Å². The molecule has 106 valence electrons. The molecule has 1 aromatic rings. The molecule has 1 N–H and O–H groups in total. The van der Waals surface area contributed by atoms with Crippen molar-refractivity contribution >= 4 is 23.4 Å². The summed E-state index contributed by atoms with van der Waals surface area (Å²) in [5.41, 5.74) is 0. The van der Waals surface area contributed by atoms with Gasteiger partial charge in [-0.2, -0.15) is 4.98 Å². The van der Waals surface area contributed by atoms with E-state index in [0.717, 1.165) is 25.3 Å². The topological polar surface area (TPSA) is 41.1 Å². The standard InChI is InChI=1S/C14H23ClN4/c1-3-8-16-14-17-10-12(15)13(18-14)19-9-6-4-5-7-11(19)2/h10-11H,3-9H2,1-2H3,(H,16,17,18). The van der Waals surface area contributed by atoms with E-state index in [9.17, 15) is 0 Å². The predicted octanol–water partition coefficient (Wildman–Crippen LogP) is 3.72. The molecule has 1 aromatic heterocycles. The van der Waals surface area contributed by atoms with Gasteiger partial charge in [0, 0.05) is 19.1 Å². The van der Waals surface area contributed by atoms with E-state index >= 15 is 0 Å². The zero-order valence-corrected chi connectivity index (χ0v) is 12.6. The van der Waals surface area contributed by atoms with Crippen LogP contribution in [0.3, 0.4) is 0 Å². The quantitative estimate of drug-likeness (QED) is 0.914. The lowest BCUT2D eigenvalue weighted by atomic mass is 10.1. The number of hydrogen-bond acceptors (Lipinski definition) is 4. The monoisotopic (exact) mass is 282 g/mol. The first-order valence-corrected chi connectivity index (χ1v) is 7.63. The first-order valence-electron chi connectivity index (χ1n) is 7.25. The Labute approximate surface area is 120 Å². The van der Waals surface area contributed by atoms with Gasteiger partial charge in [0.05, 0.1) is 6.20 Å². The number of rotatable bonds is 4. The number of aromatic nitrogens is 2. The Kier molecular flexibility index (Phi) is 5.25. The molecule has 5 heteroatoms. The molecule has 2 heterocycles. The van der Waals surface area contributed by atoms with Crippen LogP contribution in [0.4, 0.5) is 11.8 Å². The van der Waals surface area contributed by atoms with Crippen molar-refractivity contribution in [1.82, 2.24) is 9.97 Å². The van der Waals surface area contributed by atoms with Crippen molar-refractivity contribution < 1.29 is 0 Å². The summed E-state index contributed by atoms with van der Waals surface area (Å²) < 4.78 is 0. The fourth-order valence-corrected chi connectivity index (χ4v) is 2.67. The third-order valence-corrected chi connectivity index (χ3v) is 3.85. The van der Waals surface area contributed by atoms with E-state index in [2.05, 4.69) is 34.0 Å². The van der Waals surface area contributed by atoms with Gasteiger partial charge in [-0.15, -0.1) is 0 Å². The molecule has 4 nitrogen and oxygen atoms in total. The zero-order chi connectivity index (χ0) is 13.7. The molecule has 0 amide bonds. The van der Waals surface area contributed by atoms with Gasteiger partial charge in [-0.05, 0) is 26.2 Å². The van der Waals surface area contributed by atoms with Gasteiger partial charge in [0.25, 0.3) is 0 Å². The first kappa shape index (κ1) is 14.4. The van der Waals surface area contributed by atoms with Gasteiger partial charge >= 0.3 is 0 Å². The van der Waals surface area contributed by atoms with Gasteiger partial charge in [-0.1, -0.05) is 31.4 Å². The number of nitrogens with zero attached hydrogens (tertiary/aromatic N) is 3. The molecule has 1 aliphatic rings. The van der Waals surface area contributed by atoms with Gasteiger partial charge in [0.1, 0.15) is 5.02 Å². The smallest absolute Gasteiger partial charge is 0.224 e. The molecule has 0 saturated carbocycles. The van der Waals surface area contributed by atoms with Crippen molar-refractivity contribution in [2.75, 3.05) is 23.3 Å². The van der Waals surface area contributed by atoms with Gasteiger partial charge in [-0.25, -0.2) is 4.98 Å². The Balaban J connectivity index is 2.20. The third-order valence-electron chi connectivity index (χ3n) is 3.58. The maximum absolute atomic E-state index is 6.29. The van der Waals surface area contributed by atoms with E-state index < -0.39 is 0 Å². The Morgan fingerprint density at radius 3 is 3.05 bits per heavy atom. The molecule has 2 rings (SSSR count). The molecule has 0 bridgehead atoms. The molecule has 0 aromatic carbocycles.